The van der Waals surface area contributed by atoms with Crippen LogP contribution in [0.1, 0.15) is 37.6 Å². The van der Waals surface area contributed by atoms with Gasteiger partial charge in [-0.2, -0.15) is 0 Å². The van der Waals surface area contributed by atoms with Gasteiger partial charge in [-0.05, 0) is 31.6 Å². The molecule has 0 aliphatic rings. The van der Waals surface area contributed by atoms with Gasteiger partial charge >= 0.3 is 11.9 Å². The lowest BCUT2D eigenvalue weighted by atomic mass is 10.2. The van der Waals surface area contributed by atoms with Crippen LogP contribution in [0.15, 0.2) is 24.3 Å². The highest BCUT2D eigenvalue weighted by Gasteiger charge is 2.14. The summed E-state index contributed by atoms with van der Waals surface area (Å²) < 4.78 is 10.2. The number of benzene rings is 1. The lowest BCUT2D eigenvalue weighted by Gasteiger charge is -2.17. The first-order valence-corrected chi connectivity index (χ1v) is 7.25. The molecular weight excluding hydrogens is 306 g/mol. The fraction of sp³-hybridized carbons (Fsp3) is 0.500. The number of ether oxygens (including phenoxy) is 2. The van der Waals surface area contributed by atoms with Gasteiger partial charge in [0.15, 0.2) is 0 Å². The molecule has 0 spiro atoms. The van der Waals surface area contributed by atoms with Crippen LogP contribution in [0.25, 0.3) is 0 Å². The van der Waals surface area contributed by atoms with Gasteiger partial charge in [-0.25, -0.2) is 4.79 Å². The number of esters is 2. The van der Waals surface area contributed by atoms with Crippen LogP contribution in [0.3, 0.4) is 0 Å². The minimum Gasteiger partial charge on any atom is -0.462 e. The molecule has 0 amide bonds. The maximum absolute atomic E-state index is 12.0. The van der Waals surface area contributed by atoms with Crippen molar-refractivity contribution in [1.29, 1.82) is 0 Å². The zero-order valence-electron chi connectivity index (χ0n) is 13.3. The van der Waals surface area contributed by atoms with E-state index in [0.29, 0.717) is 6.61 Å². The Bertz CT molecular complexity index is 475. The number of carbonyl (C=O) groups excluding carboxylic acids is 2. The predicted molar refractivity (Wildman–Crippen MR) is 87.7 cm³/mol. The van der Waals surface area contributed by atoms with Crippen molar-refractivity contribution in [3.63, 3.8) is 0 Å². The number of rotatable bonds is 8. The van der Waals surface area contributed by atoms with E-state index in [4.69, 9.17) is 9.47 Å². The Kier molecular flexibility index (Phi) is 10.2. The highest BCUT2D eigenvalue weighted by atomic mass is 35.5. The van der Waals surface area contributed by atoms with Gasteiger partial charge in [0.1, 0.15) is 11.3 Å². The second kappa shape index (κ2) is 11.0. The summed E-state index contributed by atoms with van der Waals surface area (Å²) in [7, 11) is 0. The molecule has 0 heterocycles. The van der Waals surface area contributed by atoms with Gasteiger partial charge in [-0.1, -0.05) is 26.0 Å². The fourth-order valence-electron chi connectivity index (χ4n) is 1.95. The maximum Gasteiger partial charge on any atom is 0.341 e. The summed E-state index contributed by atoms with van der Waals surface area (Å²) in [6.45, 7) is 8.72. The first-order chi connectivity index (χ1) is 10.1. The predicted octanol–water partition coefficient (Wildman–Crippen LogP) is 2.92. The van der Waals surface area contributed by atoms with Gasteiger partial charge in [0, 0.05) is 13.5 Å². The van der Waals surface area contributed by atoms with Crippen molar-refractivity contribution in [3.05, 3.63) is 29.8 Å². The lowest BCUT2D eigenvalue weighted by Crippen LogP contribution is -2.25. The number of para-hydroxylation sites is 1. The largest absolute Gasteiger partial charge is 0.462 e. The van der Waals surface area contributed by atoms with Crippen LogP contribution in [-0.4, -0.2) is 43.1 Å². The van der Waals surface area contributed by atoms with E-state index in [1.54, 1.807) is 24.3 Å². The molecule has 0 saturated heterocycles. The minimum absolute atomic E-state index is 0. The summed E-state index contributed by atoms with van der Waals surface area (Å²) >= 11 is 0. The molecule has 0 atom stereocenters. The number of hydrogen-bond donors (Lipinski definition) is 0. The van der Waals surface area contributed by atoms with Gasteiger partial charge in [-0.3, -0.25) is 4.79 Å². The van der Waals surface area contributed by atoms with Crippen LogP contribution in [0.5, 0.6) is 5.75 Å². The molecule has 0 aromatic heterocycles. The topological polar surface area (TPSA) is 55.8 Å². The van der Waals surface area contributed by atoms with Gasteiger partial charge in [-0.15, -0.1) is 12.4 Å². The second-order valence-electron chi connectivity index (χ2n) is 4.61. The van der Waals surface area contributed by atoms with Crippen LogP contribution >= 0.6 is 12.4 Å². The molecule has 1 rings (SSSR count). The SMILES string of the molecule is CCN(CC)CCCOC(=O)c1ccccc1OC(C)=O.Cl. The van der Waals surface area contributed by atoms with Gasteiger partial charge in [0.2, 0.25) is 0 Å². The van der Waals surface area contributed by atoms with E-state index in [-0.39, 0.29) is 23.7 Å². The van der Waals surface area contributed by atoms with Crippen LogP contribution in [0.4, 0.5) is 0 Å². The molecule has 124 valence electrons. The summed E-state index contributed by atoms with van der Waals surface area (Å²) in [4.78, 5) is 25.3. The third-order valence-electron chi connectivity index (χ3n) is 3.11. The van der Waals surface area contributed by atoms with E-state index < -0.39 is 11.9 Å². The molecule has 6 heteroatoms. The molecule has 22 heavy (non-hydrogen) atoms. The van der Waals surface area contributed by atoms with Crippen molar-refractivity contribution in [3.8, 4) is 5.75 Å². The highest BCUT2D eigenvalue weighted by molar-refractivity contribution is 5.93. The van der Waals surface area contributed by atoms with Crippen molar-refractivity contribution in [2.24, 2.45) is 0 Å². The zero-order valence-corrected chi connectivity index (χ0v) is 14.1. The van der Waals surface area contributed by atoms with Crippen LogP contribution in [0, 0.1) is 0 Å². The summed E-state index contributed by atoms with van der Waals surface area (Å²) in [5.74, 6) is -0.693. The fourth-order valence-corrected chi connectivity index (χ4v) is 1.95. The third kappa shape index (κ3) is 6.91. The summed E-state index contributed by atoms with van der Waals surface area (Å²) in [5.41, 5.74) is 0.274. The Morgan fingerprint density at radius 1 is 1.14 bits per heavy atom. The van der Waals surface area contributed by atoms with Crippen LogP contribution in [-0.2, 0) is 9.53 Å². The van der Waals surface area contributed by atoms with E-state index in [0.717, 1.165) is 26.1 Å². The Hall–Kier alpha value is -1.59. The molecule has 5 nitrogen and oxygen atoms in total. The standard InChI is InChI=1S/C16H23NO4.ClH/c1-4-17(5-2)11-8-12-20-16(19)14-9-6-7-10-15(14)21-13(3)18;/h6-7,9-10H,4-5,8,11-12H2,1-3H3;1H. The molecule has 0 unspecified atom stereocenters. The normalized spacial score (nSPS) is 10.0. The number of carbonyl (C=O) groups is 2. The molecule has 0 saturated carbocycles. The van der Waals surface area contributed by atoms with E-state index in [9.17, 15) is 9.59 Å². The molecule has 0 N–H and O–H groups in total. The van der Waals surface area contributed by atoms with Crippen molar-refractivity contribution in [1.82, 2.24) is 4.90 Å². The number of halogens is 1. The average molecular weight is 330 g/mol. The average Bonchev–Trinajstić information content (AvgIpc) is 2.47. The first-order valence-electron chi connectivity index (χ1n) is 7.25. The zero-order chi connectivity index (χ0) is 15.7. The van der Waals surface area contributed by atoms with Crippen molar-refractivity contribution >= 4 is 24.3 Å². The summed E-state index contributed by atoms with van der Waals surface area (Å²) in [5, 5.41) is 0. The molecule has 0 aliphatic carbocycles. The molecule has 0 bridgehead atoms. The number of hydrogen-bond acceptors (Lipinski definition) is 5. The van der Waals surface area contributed by atoms with E-state index in [1.165, 1.54) is 6.92 Å². The minimum atomic E-state index is -0.466. The smallest absolute Gasteiger partial charge is 0.341 e. The van der Waals surface area contributed by atoms with Crippen LogP contribution < -0.4 is 4.74 Å². The summed E-state index contributed by atoms with van der Waals surface area (Å²) in [6.07, 6.45) is 0.781. The van der Waals surface area contributed by atoms with Crippen molar-refractivity contribution < 1.29 is 19.1 Å². The van der Waals surface area contributed by atoms with Gasteiger partial charge < -0.3 is 14.4 Å². The first kappa shape index (κ1) is 20.4. The van der Waals surface area contributed by atoms with Crippen LogP contribution in [0.2, 0.25) is 0 Å². The monoisotopic (exact) mass is 329 g/mol. The highest BCUT2D eigenvalue weighted by Crippen LogP contribution is 2.19. The second-order valence-corrected chi connectivity index (χ2v) is 4.61. The van der Waals surface area contributed by atoms with Gasteiger partial charge in [0.05, 0.1) is 6.61 Å². The molecule has 0 aliphatic heterocycles. The molecule has 0 radical (unpaired) electrons. The Morgan fingerprint density at radius 3 is 2.36 bits per heavy atom. The van der Waals surface area contributed by atoms with E-state index >= 15 is 0 Å². The quantitative estimate of drug-likeness (QED) is 0.417. The molecule has 1 aromatic carbocycles. The Morgan fingerprint density at radius 2 is 1.77 bits per heavy atom. The van der Waals surface area contributed by atoms with E-state index in [1.807, 2.05) is 0 Å². The van der Waals surface area contributed by atoms with Gasteiger partial charge in [0.25, 0.3) is 0 Å². The molecular formula is C16H24ClNO4. The lowest BCUT2D eigenvalue weighted by molar-refractivity contribution is -0.131. The molecule has 0 fully saturated rings. The van der Waals surface area contributed by atoms with Crippen molar-refractivity contribution in [2.45, 2.75) is 27.2 Å². The Balaban J connectivity index is 0.00000441. The molecule has 1 aromatic rings. The Labute approximate surface area is 138 Å². The summed E-state index contributed by atoms with van der Waals surface area (Å²) in [6, 6.07) is 6.58. The van der Waals surface area contributed by atoms with Crippen molar-refractivity contribution in [2.75, 3.05) is 26.2 Å². The van der Waals surface area contributed by atoms with E-state index in [2.05, 4.69) is 18.7 Å². The third-order valence-corrected chi connectivity index (χ3v) is 3.11. The maximum atomic E-state index is 12.0. The number of nitrogens with zero attached hydrogens (tertiary/aromatic N) is 1.